The first-order valence-electron chi connectivity index (χ1n) is 7.05. The van der Waals surface area contributed by atoms with Crippen molar-refractivity contribution >= 4 is 28.9 Å². The van der Waals surface area contributed by atoms with E-state index in [1.54, 1.807) is 17.0 Å². The zero-order valence-corrected chi connectivity index (χ0v) is 13.4. The summed E-state index contributed by atoms with van der Waals surface area (Å²) in [5.74, 6) is 0.545. The minimum Gasteiger partial charge on any atom is -0.478 e. The highest BCUT2D eigenvalue weighted by Crippen LogP contribution is 2.33. The SMILES string of the molecule is CCN=C1S/C(=C/c2ccccc2OCC#N)C(=O)N1CC. The van der Waals surface area contributed by atoms with Crippen LogP contribution in [-0.2, 0) is 4.79 Å². The lowest BCUT2D eigenvalue weighted by atomic mass is 10.2. The number of likely N-dealkylation sites (N-methyl/N-ethyl adjacent to an activating group) is 1. The van der Waals surface area contributed by atoms with Gasteiger partial charge in [0.25, 0.3) is 5.91 Å². The number of carbonyl (C=O) groups excluding carboxylic acids is 1. The molecule has 2 rings (SSSR count). The monoisotopic (exact) mass is 315 g/mol. The van der Waals surface area contributed by atoms with Gasteiger partial charge in [0.05, 0.1) is 4.91 Å². The summed E-state index contributed by atoms with van der Waals surface area (Å²) in [6.07, 6.45) is 1.79. The summed E-state index contributed by atoms with van der Waals surface area (Å²) in [5, 5.41) is 9.37. The Bertz CT molecular complexity index is 662. The Labute approximate surface area is 134 Å². The van der Waals surface area contributed by atoms with Gasteiger partial charge in [0.1, 0.15) is 11.8 Å². The maximum Gasteiger partial charge on any atom is 0.266 e. The van der Waals surface area contributed by atoms with Gasteiger partial charge >= 0.3 is 0 Å². The number of hydrogen-bond acceptors (Lipinski definition) is 5. The molecule has 0 bridgehead atoms. The second kappa shape index (κ2) is 7.66. The molecule has 1 heterocycles. The van der Waals surface area contributed by atoms with E-state index in [0.717, 1.165) is 10.7 Å². The molecule has 6 heteroatoms. The highest BCUT2D eigenvalue weighted by Gasteiger charge is 2.31. The van der Waals surface area contributed by atoms with Gasteiger partial charge in [-0.05, 0) is 37.8 Å². The van der Waals surface area contributed by atoms with E-state index < -0.39 is 0 Å². The molecule has 1 amide bonds. The molecule has 0 unspecified atom stereocenters. The van der Waals surface area contributed by atoms with Crippen molar-refractivity contribution in [3.8, 4) is 11.8 Å². The first-order chi connectivity index (χ1) is 10.7. The van der Waals surface area contributed by atoms with E-state index in [0.29, 0.717) is 23.7 Å². The topological polar surface area (TPSA) is 65.7 Å². The molecule has 0 N–H and O–H groups in total. The van der Waals surface area contributed by atoms with Crippen LogP contribution in [0.4, 0.5) is 0 Å². The van der Waals surface area contributed by atoms with Crippen LogP contribution in [0.15, 0.2) is 34.2 Å². The van der Waals surface area contributed by atoms with Crippen LogP contribution in [0.1, 0.15) is 19.4 Å². The van der Waals surface area contributed by atoms with Crippen LogP contribution in [0.5, 0.6) is 5.75 Å². The lowest BCUT2D eigenvalue weighted by Crippen LogP contribution is -2.28. The fraction of sp³-hybridized carbons (Fsp3) is 0.312. The number of amides is 1. The van der Waals surface area contributed by atoms with E-state index in [-0.39, 0.29) is 12.5 Å². The summed E-state index contributed by atoms with van der Waals surface area (Å²) >= 11 is 1.37. The number of rotatable bonds is 5. The van der Waals surface area contributed by atoms with E-state index in [9.17, 15) is 4.79 Å². The van der Waals surface area contributed by atoms with Crippen LogP contribution in [0, 0.1) is 11.3 Å². The Morgan fingerprint density at radius 3 is 2.86 bits per heavy atom. The molecule has 0 spiro atoms. The van der Waals surface area contributed by atoms with Crippen molar-refractivity contribution in [2.45, 2.75) is 13.8 Å². The number of para-hydroxylation sites is 1. The molecule has 1 aliphatic heterocycles. The number of thioether (sulfide) groups is 1. The predicted octanol–water partition coefficient (Wildman–Crippen LogP) is 2.90. The highest BCUT2D eigenvalue weighted by molar-refractivity contribution is 8.18. The number of nitriles is 1. The highest BCUT2D eigenvalue weighted by atomic mass is 32.2. The third-order valence-electron chi connectivity index (χ3n) is 3.00. The van der Waals surface area contributed by atoms with Gasteiger partial charge < -0.3 is 4.74 Å². The Morgan fingerprint density at radius 1 is 1.41 bits per heavy atom. The molecule has 1 aromatic carbocycles. The fourth-order valence-electron chi connectivity index (χ4n) is 2.02. The van der Waals surface area contributed by atoms with Gasteiger partial charge in [0.15, 0.2) is 11.8 Å². The lowest BCUT2D eigenvalue weighted by Gasteiger charge is -2.11. The normalized spacial score (nSPS) is 18.0. The van der Waals surface area contributed by atoms with E-state index in [1.807, 2.05) is 38.1 Å². The van der Waals surface area contributed by atoms with Gasteiger partial charge in [-0.1, -0.05) is 18.2 Å². The van der Waals surface area contributed by atoms with Crippen molar-refractivity contribution in [3.63, 3.8) is 0 Å². The number of ether oxygens (including phenoxy) is 1. The second-order valence-electron chi connectivity index (χ2n) is 4.40. The smallest absolute Gasteiger partial charge is 0.266 e. The van der Waals surface area contributed by atoms with Gasteiger partial charge in [-0.2, -0.15) is 5.26 Å². The molecule has 1 saturated heterocycles. The maximum absolute atomic E-state index is 12.4. The van der Waals surface area contributed by atoms with Crippen molar-refractivity contribution in [3.05, 3.63) is 34.7 Å². The summed E-state index contributed by atoms with van der Waals surface area (Å²) in [7, 11) is 0. The Morgan fingerprint density at radius 2 is 2.18 bits per heavy atom. The average molecular weight is 315 g/mol. The minimum absolute atomic E-state index is 0.0229. The molecular weight excluding hydrogens is 298 g/mol. The first kappa shape index (κ1) is 16.1. The molecule has 1 aliphatic rings. The predicted molar refractivity (Wildman–Crippen MR) is 88.5 cm³/mol. The molecule has 22 heavy (non-hydrogen) atoms. The van der Waals surface area contributed by atoms with Crippen LogP contribution in [0.3, 0.4) is 0 Å². The van der Waals surface area contributed by atoms with Gasteiger partial charge in [-0.15, -0.1) is 0 Å². The number of hydrogen-bond donors (Lipinski definition) is 0. The van der Waals surface area contributed by atoms with Crippen molar-refractivity contribution in [2.24, 2.45) is 4.99 Å². The Hall–Kier alpha value is -2.26. The van der Waals surface area contributed by atoms with Crippen LogP contribution in [-0.4, -0.2) is 35.7 Å². The van der Waals surface area contributed by atoms with Crippen molar-refractivity contribution in [1.29, 1.82) is 5.26 Å². The third kappa shape index (κ3) is 3.49. The molecule has 114 valence electrons. The maximum atomic E-state index is 12.4. The van der Waals surface area contributed by atoms with Crippen molar-refractivity contribution in [2.75, 3.05) is 19.7 Å². The Balaban J connectivity index is 2.32. The molecule has 0 aromatic heterocycles. The molecule has 5 nitrogen and oxygen atoms in total. The summed E-state index contributed by atoms with van der Waals surface area (Å²) in [5.41, 5.74) is 0.780. The van der Waals surface area contributed by atoms with Gasteiger partial charge in [0.2, 0.25) is 0 Å². The third-order valence-corrected chi connectivity index (χ3v) is 4.04. The van der Waals surface area contributed by atoms with Crippen molar-refractivity contribution in [1.82, 2.24) is 4.90 Å². The zero-order chi connectivity index (χ0) is 15.9. The summed E-state index contributed by atoms with van der Waals surface area (Å²) in [6.45, 7) is 5.08. The first-order valence-corrected chi connectivity index (χ1v) is 7.87. The summed E-state index contributed by atoms with van der Waals surface area (Å²) < 4.78 is 5.39. The molecule has 0 aliphatic carbocycles. The van der Waals surface area contributed by atoms with E-state index in [1.165, 1.54) is 11.8 Å². The number of benzene rings is 1. The van der Waals surface area contributed by atoms with E-state index in [2.05, 4.69) is 4.99 Å². The number of nitrogens with zero attached hydrogens (tertiary/aromatic N) is 3. The summed E-state index contributed by atoms with van der Waals surface area (Å²) in [4.78, 5) is 19.1. The van der Waals surface area contributed by atoms with Gasteiger partial charge in [-0.25, -0.2) is 0 Å². The van der Waals surface area contributed by atoms with Gasteiger partial charge in [-0.3, -0.25) is 14.7 Å². The second-order valence-corrected chi connectivity index (χ2v) is 5.41. The van der Waals surface area contributed by atoms with Crippen LogP contribution in [0.2, 0.25) is 0 Å². The molecule has 1 fully saturated rings. The van der Waals surface area contributed by atoms with E-state index in [4.69, 9.17) is 10.00 Å². The number of amidine groups is 1. The average Bonchev–Trinajstić information content (AvgIpc) is 2.82. The number of aliphatic imine (C=N–C) groups is 1. The lowest BCUT2D eigenvalue weighted by molar-refractivity contribution is -0.122. The van der Waals surface area contributed by atoms with Crippen LogP contribution >= 0.6 is 11.8 Å². The molecular formula is C16H17N3O2S. The number of carbonyl (C=O) groups is 1. The largest absolute Gasteiger partial charge is 0.478 e. The molecule has 0 radical (unpaired) electrons. The molecule has 0 atom stereocenters. The van der Waals surface area contributed by atoms with Gasteiger partial charge in [0, 0.05) is 18.7 Å². The quantitative estimate of drug-likeness (QED) is 0.784. The van der Waals surface area contributed by atoms with Crippen LogP contribution in [0.25, 0.3) is 6.08 Å². The van der Waals surface area contributed by atoms with Crippen molar-refractivity contribution < 1.29 is 9.53 Å². The fourth-order valence-corrected chi connectivity index (χ4v) is 3.12. The van der Waals surface area contributed by atoms with Crippen LogP contribution < -0.4 is 4.74 Å². The Kier molecular flexibility index (Phi) is 5.61. The zero-order valence-electron chi connectivity index (χ0n) is 12.6. The standard InChI is InChI=1S/C16H17N3O2S/c1-3-18-16-19(4-2)15(20)14(22-16)11-12-7-5-6-8-13(12)21-10-9-17/h5-8,11H,3-4,10H2,1-2H3/b14-11+,18-16?. The molecule has 1 aromatic rings. The van der Waals surface area contributed by atoms with E-state index >= 15 is 0 Å². The molecule has 0 saturated carbocycles. The summed E-state index contributed by atoms with van der Waals surface area (Å²) in [6, 6.07) is 9.29. The minimum atomic E-state index is -0.0465.